The maximum absolute atomic E-state index is 11.2. The van der Waals surface area contributed by atoms with Crippen molar-refractivity contribution in [2.75, 3.05) is 0 Å². The molecule has 1 atom stereocenters. The Bertz CT molecular complexity index is 473. The van der Waals surface area contributed by atoms with Crippen LogP contribution in [0.5, 0.6) is 0 Å². The minimum atomic E-state index is 0.145. The summed E-state index contributed by atoms with van der Waals surface area (Å²) in [6.45, 7) is 1.61. The van der Waals surface area contributed by atoms with Crippen LogP contribution in [0.25, 0.3) is 10.1 Å². The summed E-state index contributed by atoms with van der Waals surface area (Å²) in [5.74, 6) is 0.145. The molecule has 66 valence electrons. The zero-order chi connectivity index (χ0) is 9.42. The normalized spacial score (nSPS) is 10.6. The number of carbonyl (C=O) groups excluding carboxylic acids is 1. The van der Waals surface area contributed by atoms with Crippen molar-refractivity contribution in [1.82, 2.24) is 0 Å². The molecule has 1 aromatic carbocycles. The lowest BCUT2D eigenvalue weighted by molar-refractivity contribution is 0.102. The Morgan fingerprint density at radius 2 is 2.08 bits per heavy atom. The molecule has 13 heavy (non-hydrogen) atoms. The van der Waals surface area contributed by atoms with Gasteiger partial charge in [-0.3, -0.25) is 4.79 Å². The van der Waals surface area contributed by atoms with Gasteiger partial charge in [0, 0.05) is 10.1 Å². The predicted molar refractivity (Wildman–Crippen MR) is 61.2 cm³/mol. The highest BCUT2D eigenvalue weighted by Crippen LogP contribution is 2.25. The predicted octanol–water partition coefficient (Wildman–Crippen LogP) is 2.60. The van der Waals surface area contributed by atoms with E-state index in [0.29, 0.717) is 0 Å². The average Bonchev–Trinajstić information content (AvgIpc) is 2.45. The second-order valence-corrected chi connectivity index (χ2v) is 4.53. The highest BCUT2D eigenvalue weighted by Gasteiger charge is 2.10. The van der Waals surface area contributed by atoms with Crippen molar-refractivity contribution in [3.63, 3.8) is 0 Å². The van der Waals surface area contributed by atoms with Gasteiger partial charge in [-0.2, -0.15) is 0 Å². The second kappa shape index (κ2) is 3.21. The van der Waals surface area contributed by atoms with E-state index in [2.05, 4.69) is 9.24 Å². The topological polar surface area (TPSA) is 17.1 Å². The Morgan fingerprint density at radius 1 is 1.38 bits per heavy atom. The molecular formula is C10H9OPS. The van der Waals surface area contributed by atoms with E-state index in [0.717, 1.165) is 10.2 Å². The molecule has 1 heterocycles. The number of benzene rings is 1. The second-order valence-electron chi connectivity index (χ2n) is 2.90. The molecular weight excluding hydrogens is 199 g/mol. The van der Waals surface area contributed by atoms with E-state index in [-0.39, 0.29) is 5.78 Å². The van der Waals surface area contributed by atoms with Gasteiger partial charge in [-0.05, 0) is 18.3 Å². The number of ketones is 1. The SMILES string of the molecule is CC(=O)c1sc2ccccc2c1P. The highest BCUT2D eigenvalue weighted by atomic mass is 32.1. The zero-order valence-electron chi connectivity index (χ0n) is 7.20. The number of fused-ring (bicyclic) bond motifs is 1. The van der Waals surface area contributed by atoms with Crippen LogP contribution in [0.2, 0.25) is 0 Å². The fourth-order valence-corrected chi connectivity index (χ4v) is 3.08. The highest BCUT2D eigenvalue weighted by molar-refractivity contribution is 7.34. The number of hydrogen-bond donors (Lipinski definition) is 0. The largest absolute Gasteiger partial charge is 0.294 e. The van der Waals surface area contributed by atoms with Crippen LogP contribution in [0, 0.1) is 0 Å². The van der Waals surface area contributed by atoms with Gasteiger partial charge in [0.05, 0.1) is 4.88 Å². The molecule has 0 aliphatic carbocycles. The average molecular weight is 208 g/mol. The van der Waals surface area contributed by atoms with E-state index < -0.39 is 0 Å². The standard InChI is InChI=1S/C10H9OPS/c1-6(11)10-9(12)7-4-2-3-5-8(7)13-10/h2-5H,12H2,1H3. The van der Waals surface area contributed by atoms with E-state index in [4.69, 9.17) is 0 Å². The summed E-state index contributed by atoms with van der Waals surface area (Å²) in [6, 6.07) is 8.07. The van der Waals surface area contributed by atoms with E-state index in [1.54, 1.807) is 18.3 Å². The first-order valence-electron chi connectivity index (χ1n) is 3.98. The van der Waals surface area contributed by atoms with Crippen LogP contribution in [-0.2, 0) is 0 Å². The molecule has 3 heteroatoms. The summed E-state index contributed by atoms with van der Waals surface area (Å²) < 4.78 is 1.18. The fraction of sp³-hybridized carbons (Fsp3) is 0.100. The Balaban J connectivity index is 2.81. The van der Waals surface area contributed by atoms with Crippen LogP contribution in [0.4, 0.5) is 0 Å². The first kappa shape index (κ1) is 8.86. The summed E-state index contributed by atoms with van der Waals surface area (Å²) in [5, 5.41) is 2.20. The molecule has 0 aliphatic rings. The molecule has 0 spiro atoms. The van der Waals surface area contributed by atoms with Crippen LogP contribution >= 0.6 is 20.6 Å². The molecule has 0 fully saturated rings. The molecule has 0 amide bonds. The Kier molecular flexibility index (Phi) is 2.19. The Hall–Kier alpha value is -0.720. The van der Waals surface area contributed by atoms with Crippen molar-refractivity contribution >= 4 is 41.8 Å². The monoisotopic (exact) mass is 208 g/mol. The molecule has 0 saturated carbocycles. The van der Waals surface area contributed by atoms with Crippen molar-refractivity contribution in [2.24, 2.45) is 0 Å². The molecule has 0 radical (unpaired) electrons. The van der Waals surface area contributed by atoms with E-state index in [1.165, 1.54) is 10.1 Å². The molecule has 0 bridgehead atoms. The Labute approximate surface area is 83.0 Å². The van der Waals surface area contributed by atoms with Crippen LogP contribution in [-0.4, -0.2) is 5.78 Å². The van der Waals surface area contributed by atoms with Crippen LogP contribution in [0.3, 0.4) is 0 Å². The number of hydrogen-bond acceptors (Lipinski definition) is 2. The Morgan fingerprint density at radius 3 is 2.69 bits per heavy atom. The van der Waals surface area contributed by atoms with Gasteiger partial charge in [-0.15, -0.1) is 20.6 Å². The van der Waals surface area contributed by atoms with E-state index >= 15 is 0 Å². The van der Waals surface area contributed by atoms with Gasteiger partial charge in [-0.25, -0.2) is 0 Å². The summed E-state index contributed by atoms with van der Waals surface area (Å²) in [7, 11) is 2.65. The van der Waals surface area contributed by atoms with Crippen molar-refractivity contribution in [3.05, 3.63) is 29.1 Å². The molecule has 1 unspecified atom stereocenters. The zero-order valence-corrected chi connectivity index (χ0v) is 9.17. The number of thiophene rings is 1. The molecule has 0 aliphatic heterocycles. The number of carbonyl (C=O) groups is 1. The first-order chi connectivity index (χ1) is 6.20. The molecule has 1 aromatic heterocycles. The molecule has 0 saturated heterocycles. The number of rotatable bonds is 1. The van der Waals surface area contributed by atoms with Gasteiger partial charge in [0.15, 0.2) is 5.78 Å². The fourth-order valence-electron chi connectivity index (χ4n) is 1.33. The lowest BCUT2D eigenvalue weighted by Gasteiger charge is -1.90. The third-order valence-corrected chi connectivity index (χ3v) is 4.05. The lowest BCUT2D eigenvalue weighted by Crippen LogP contribution is -2.00. The van der Waals surface area contributed by atoms with Crippen molar-refractivity contribution in [2.45, 2.75) is 6.92 Å². The van der Waals surface area contributed by atoms with Crippen LogP contribution in [0.15, 0.2) is 24.3 Å². The van der Waals surface area contributed by atoms with Crippen molar-refractivity contribution in [1.29, 1.82) is 0 Å². The summed E-state index contributed by atoms with van der Waals surface area (Å²) in [6.07, 6.45) is 0. The summed E-state index contributed by atoms with van der Waals surface area (Å²) >= 11 is 1.56. The maximum Gasteiger partial charge on any atom is 0.170 e. The third kappa shape index (κ3) is 1.41. The van der Waals surface area contributed by atoms with Gasteiger partial charge in [0.2, 0.25) is 0 Å². The van der Waals surface area contributed by atoms with Gasteiger partial charge in [0.1, 0.15) is 0 Å². The minimum Gasteiger partial charge on any atom is -0.294 e. The van der Waals surface area contributed by atoms with Gasteiger partial charge < -0.3 is 0 Å². The van der Waals surface area contributed by atoms with E-state index in [9.17, 15) is 4.79 Å². The van der Waals surface area contributed by atoms with Gasteiger partial charge in [-0.1, -0.05) is 18.2 Å². The van der Waals surface area contributed by atoms with Crippen molar-refractivity contribution in [3.8, 4) is 0 Å². The summed E-state index contributed by atoms with van der Waals surface area (Å²) in [5.41, 5.74) is 0. The van der Waals surface area contributed by atoms with Gasteiger partial charge >= 0.3 is 0 Å². The minimum absolute atomic E-state index is 0.145. The molecule has 0 N–H and O–H groups in total. The van der Waals surface area contributed by atoms with Crippen LogP contribution < -0.4 is 5.30 Å². The van der Waals surface area contributed by atoms with Gasteiger partial charge in [0.25, 0.3) is 0 Å². The quantitative estimate of drug-likeness (QED) is 0.520. The maximum atomic E-state index is 11.2. The molecule has 2 aromatic rings. The molecule has 2 rings (SSSR count). The van der Waals surface area contributed by atoms with Crippen molar-refractivity contribution < 1.29 is 4.79 Å². The summed E-state index contributed by atoms with van der Waals surface area (Å²) in [4.78, 5) is 12.1. The third-order valence-electron chi connectivity index (χ3n) is 1.95. The lowest BCUT2D eigenvalue weighted by atomic mass is 10.2. The van der Waals surface area contributed by atoms with E-state index in [1.807, 2.05) is 24.3 Å². The smallest absolute Gasteiger partial charge is 0.170 e. The van der Waals surface area contributed by atoms with Crippen LogP contribution in [0.1, 0.15) is 16.6 Å². The first-order valence-corrected chi connectivity index (χ1v) is 5.37. The number of Topliss-reactive ketones (excluding diaryl/α,β-unsaturated/α-hetero) is 1. The molecule has 1 nitrogen and oxygen atoms in total.